The number of aliphatic carboxylic acids is 1. The van der Waals surface area contributed by atoms with Crippen LogP contribution in [-0.2, 0) is 30.4 Å². The molecule has 1 aliphatic rings. The molecule has 4 amide bonds. The number of thioether (sulfide) groups is 1. The largest absolute Gasteiger partial charge is 0.508 e. The van der Waals surface area contributed by atoms with Crippen molar-refractivity contribution < 1.29 is 34.2 Å². The third-order valence-corrected chi connectivity index (χ3v) is 6.74. The number of rotatable bonds is 14. The monoisotopic (exact) mass is 537 g/mol. The third-order valence-electron chi connectivity index (χ3n) is 6.09. The SMILES string of the molecule is CSCCC(N)C(=O)N1CCCC1C(=O)NC(CCC(N)=O)C(=O)NC(Cc1ccc(O)cc1)C(=O)O. The maximum absolute atomic E-state index is 13.1. The number of primary amides is 1. The fourth-order valence-corrected chi connectivity index (χ4v) is 4.54. The smallest absolute Gasteiger partial charge is 0.326 e. The topological polar surface area (TPSA) is 205 Å². The van der Waals surface area contributed by atoms with Crippen LogP contribution in [0.25, 0.3) is 0 Å². The van der Waals surface area contributed by atoms with Crippen molar-refractivity contribution >= 4 is 41.4 Å². The summed E-state index contributed by atoms with van der Waals surface area (Å²) < 4.78 is 0. The van der Waals surface area contributed by atoms with Gasteiger partial charge >= 0.3 is 5.97 Å². The van der Waals surface area contributed by atoms with Crippen LogP contribution < -0.4 is 22.1 Å². The van der Waals surface area contributed by atoms with E-state index in [4.69, 9.17) is 11.5 Å². The number of hydrogen-bond donors (Lipinski definition) is 6. The van der Waals surface area contributed by atoms with Crippen molar-refractivity contribution in [3.05, 3.63) is 29.8 Å². The molecule has 0 aliphatic carbocycles. The van der Waals surface area contributed by atoms with E-state index < -0.39 is 47.9 Å². The molecule has 1 fully saturated rings. The lowest BCUT2D eigenvalue weighted by molar-refractivity contribution is -0.143. The van der Waals surface area contributed by atoms with Crippen molar-refractivity contribution in [2.75, 3.05) is 18.6 Å². The van der Waals surface area contributed by atoms with Crippen LogP contribution in [-0.4, -0.2) is 87.4 Å². The Balaban J connectivity index is 2.12. The average Bonchev–Trinajstić information content (AvgIpc) is 3.35. The fourth-order valence-electron chi connectivity index (χ4n) is 4.05. The molecule has 204 valence electrons. The summed E-state index contributed by atoms with van der Waals surface area (Å²) in [6.45, 7) is 0.357. The minimum atomic E-state index is -1.33. The highest BCUT2D eigenvalue weighted by molar-refractivity contribution is 7.98. The summed E-state index contributed by atoms with van der Waals surface area (Å²) in [6.07, 6.45) is 2.90. The maximum atomic E-state index is 13.1. The van der Waals surface area contributed by atoms with E-state index in [1.165, 1.54) is 29.2 Å². The van der Waals surface area contributed by atoms with Crippen molar-refractivity contribution in [1.29, 1.82) is 0 Å². The van der Waals surface area contributed by atoms with Crippen molar-refractivity contribution in [1.82, 2.24) is 15.5 Å². The molecule has 1 aromatic carbocycles. The van der Waals surface area contributed by atoms with Gasteiger partial charge in [0, 0.05) is 19.4 Å². The van der Waals surface area contributed by atoms with Crippen LogP contribution in [0.3, 0.4) is 0 Å². The second kappa shape index (κ2) is 14.4. The summed E-state index contributed by atoms with van der Waals surface area (Å²) in [5.41, 5.74) is 11.8. The number of nitrogens with zero attached hydrogens (tertiary/aromatic N) is 1. The Kier molecular flexibility index (Phi) is 11.7. The Bertz CT molecular complexity index is 975. The van der Waals surface area contributed by atoms with E-state index in [9.17, 15) is 34.2 Å². The van der Waals surface area contributed by atoms with Gasteiger partial charge in [-0.25, -0.2) is 4.79 Å². The fraction of sp³-hybridized carbons (Fsp3) is 0.542. The molecule has 0 radical (unpaired) electrons. The average molecular weight is 538 g/mol. The van der Waals surface area contributed by atoms with E-state index in [1.807, 2.05) is 6.26 Å². The molecule has 4 atom stereocenters. The number of likely N-dealkylation sites (tertiary alicyclic amines) is 1. The van der Waals surface area contributed by atoms with Crippen molar-refractivity contribution in [3.63, 3.8) is 0 Å². The lowest BCUT2D eigenvalue weighted by Crippen LogP contribution is -2.57. The lowest BCUT2D eigenvalue weighted by atomic mass is 10.0. The van der Waals surface area contributed by atoms with Gasteiger partial charge in [0.15, 0.2) is 0 Å². The Labute approximate surface area is 219 Å². The van der Waals surface area contributed by atoms with Gasteiger partial charge in [-0.05, 0) is 55.4 Å². The molecule has 0 bridgehead atoms. The highest BCUT2D eigenvalue weighted by Gasteiger charge is 2.37. The van der Waals surface area contributed by atoms with Gasteiger partial charge in [-0.1, -0.05) is 12.1 Å². The van der Waals surface area contributed by atoms with Gasteiger partial charge in [-0.2, -0.15) is 11.8 Å². The highest BCUT2D eigenvalue weighted by Crippen LogP contribution is 2.20. The van der Waals surface area contributed by atoms with Gasteiger partial charge in [-0.3, -0.25) is 19.2 Å². The highest BCUT2D eigenvalue weighted by atomic mass is 32.2. The minimum Gasteiger partial charge on any atom is -0.508 e. The van der Waals surface area contributed by atoms with Crippen LogP contribution in [0.1, 0.15) is 37.7 Å². The van der Waals surface area contributed by atoms with Gasteiger partial charge in [0.05, 0.1) is 6.04 Å². The van der Waals surface area contributed by atoms with E-state index in [-0.39, 0.29) is 30.9 Å². The zero-order chi connectivity index (χ0) is 27.5. The van der Waals surface area contributed by atoms with Crippen molar-refractivity contribution in [2.45, 2.75) is 62.7 Å². The molecule has 4 unspecified atom stereocenters. The number of phenols is 1. The van der Waals surface area contributed by atoms with Crippen LogP contribution in [0, 0.1) is 0 Å². The molecule has 1 saturated heterocycles. The number of aromatic hydroxyl groups is 1. The van der Waals surface area contributed by atoms with Crippen LogP contribution >= 0.6 is 11.8 Å². The summed E-state index contributed by atoms with van der Waals surface area (Å²) in [4.78, 5) is 63.5. The summed E-state index contributed by atoms with van der Waals surface area (Å²) in [6, 6.07) is 1.70. The molecule has 1 heterocycles. The number of amides is 4. The molecule has 13 heteroatoms. The minimum absolute atomic E-state index is 0.0125. The molecule has 0 saturated carbocycles. The lowest BCUT2D eigenvalue weighted by Gasteiger charge is -2.28. The second-order valence-electron chi connectivity index (χ2n) is 8.91. The van der Waals surface area contributed by atoms with Crippen LogP contribution in [0.4, 0.5) is 0 Å². The van der Waals surface area contributed by atoms with Crippen molar-refractivity contribution in [3.8, 4) is 5.75 Å². The van der Waals surface area contributed by atoms with Gasteiger partial charge in [0.25, 0.3) is 0 Å². The summed E-state index contributed by atoms with van der Waals surface area (Å²) in [5.74, 6) is -3.01. The zero-order valence-corrected chi connectivity index (χ0v) is 21.5. The van der Waals surface area contributed by atoms with Gasteiger partial charge in [0.2, 0.25) is 23.6 Å². The Hall–Kier alpha value is -3.32. The zero-order valence-electron chi connectivity index (χ0n) is 20.7. The Morgan fingerprint density at radius 1 is 1.11 bits per heavy atom. The number of carboxylic acid groups (broad SMARTS) is 1. The van der Waals surface area contributed by atoms with Crippen molar-refractivity contribution in [2.24, 2.45) is 11.5 Å². The second-order valence-corrected chi connectivity index (χ2v) is 9.90. The van der Waals surface area contributed by atoms with E-state index >= 15 is 0 Å². The summed E-state index contributed by atoms with van der Waals surface area (Å²) in [5, 5.41) is 24.0. The Morgan fingerprint density at radius 3 is 2.38 bits per heavy atom. The predicted octanol–water partition coefficient (Wildman–Crippen LogP) is -0.674. The molecular formula is C24H35N5O7S. The normalized spacial score (nSPS) is 17.5. The number of carbonyl (C=O) groups is 5. The molecule has 1 aliphatic heterocycles. The van der Waals surface area contributed by atoms with E-state index in [1.54, 1.807) is 11.8 Å². The molecule has 0 spiro atoms. The quantitative estimate of drug-likeness (QED) is 0.178. The number of carboxylic acids is 1. The predicted molar refractivity (Wildman–Crippen MR) is 137 cm³/mol. The van der Waals surface area contributed by atoms with Gasteiger partial charge < -0.3 is 37.2 Å². The van der Waals surface area contributed by atoms with E-state index in [2.05, 4.69) is 10.6 Å². The number of carbonyl (C=O) groups excluding carboxylic acids is 4. The third kappa shape index (κ3) is 9.25. The number of nitrogens with one attached hydrogen (secondary N) is 2. The maximum Gasteiger partial charge on any atom is 0.326 e. The molecular weight excluding hydrogens is 502 g/mol. The first kappa shape index (κ1) is 29.9. The first-order valence-corrected chi connectivity index (χ1v) is 13.4. The van der Waals surface area contributed by atoms with E-state index in [0.717, 1.165) is 0 Å². The number of phenolic OH excluding ortho intramolecular Hbond substituents is 1. The van der Waals surface area contributed by atoms with Crippen LogP contribution in [0.5, 0.6) is 5.75 Å². The molecule has 0 aromatic heterocycles. The first-order valence-electron chi connectivity index (χ1n) is 12.0. The molecule has 1 aromatic rings. The van der Waals surface area contributed by atoms with Gasteiger partial charge in [0.1, 0.15) is 23.9 Å². The molecule has 8 N–H and O–H groups in total. The number of hydrogen-bond acceptors (Lipinski definition) is 8. The van der Waals surface area contributed by atoms with Gasteiger partial charge in [-0.15, -0.1) is 0 Å². The number of benzene rings is 1. The molecule has 37 heavy (non-hydrogen) atoms. The van der Waals surface area contributed by atoms with Crippen LogP contribution in [0.2, 0.25) is 0 Å². The Morgan fingerprint density at radius 2 is 1.78 bits per heavy atom. The standard InChI is InChI=1S/C24H35N5O7S/c1-37-12-10-16(25)23(34)29-11-2-3-19(29)22(33)27-17(8-9-20(26)31)21(32)28-18(24(35)36)13-14-4-6-15(30)7-5-14/h4-7,16-19,30H,2-3,8-13,25H2,1H3,(H2,26,31)(H,27,33)(H,28,32)(H,35,36). The molecule has 12 nitrogen and oxygen atoms in total. The van der Waals surface area contributed by atoms with E-state index in [0.29, 0.717) is 37.1 Å². The number of nitrogens with two attached hydrogens (primary N) is 2. The van der Waals surface area contributed by atoms with Crippen LogP contribution in [0.15, 0.2) is 24.3 Å². The summed E-state index contributed by atoms with van der Waals surface area (Å²) >= 11 is 1.56. The molecule has 2 rings (SSSR count). The summed E-state index contributed by atoms with van der Waals surface area (Å²) in [7, 11) is 0. The first-order chi connectivity index (χ1) is 17.5.